The number of anilines is 3. The van der Waals surface area contributed by atoms with Gasteiger partial charge in [-0.1, -0.05) is 131 Å². The van der Waals surface area contributed by atoms with E-state index in [4.69, 9.17) is 0 Å². The van der Waals surface area contributed by atoms with Gasteiger partial charge in [0.15, 0.2) is 0 Å². The van der Waals surface area contributed by atoms with Crippen LogP contribution in [0.25, 0.3) is 33.4 Å². The lowest BCUT2D eigenvalue weighted by Gasteiger charge is -2.76. The molecule has 1 nitrogen and oxygen atoms in total. The Morgan fingerprint density at radius 3 is 1.82 bits per heavy atom. The molecule has 272 valence electrons. The zero-order valence-electron chi connectivity index (χ0n) is 32.8. The number of hydrogen-bond acceptors (Lipinski definition) is 1. The first-order valence-electron chi connectivity index (χ1n) is 21.1. The molecule has 2 spiro atoms. The van der Waals surface area contributed by atoms with E-state index in [0.717, 1.165) is 23.7 Å². The Kier molecular flexibility index (Phi) is 6.42. The van der Waals surface area contributed by atoms with Crippen LogP contribution < -0.4 is 4.90 Å². The molecular formula is C54H51N. The standard InChI is InChI=1S/C54H51N/c1-51(2)26-27-52(3,4)50-44(51)16-11-17-47(50)55(40-21-18-37(19-22-40)35-12-7-5-8-13-35)41-23-25-43-42-24-20-38(36-14-9-6-10-15-36)30-45(42)54(46(43)32-41)48-29-34-28-39-31-49(54)53(39,48)33-34/h5-25,30,32,34,39,48-49H,26-29,31,33H2,1-4H3. The average Bonchev–Trinajstić information content (AvgIpc) is 3.84. The van der Waals surface area contributed by atoms with Gasteiger partial charge in [0, 0.05) is 16.8 Å². The van der Waals surface area contributed by atoms with Gasteiger partial charge in [-0.15, -0.1) is 0 Å². The molecule has 6 aliphatic carbocycles. The summed E-state index contributed by atoms with van der Waals surface area (Å²) in [5.41, 5.74) is 19.2. The minimum atomic E-state index is 0.0656. The first-order valence-corrected chi connectivity index (χ1v) is 21.1. The van der Waals surface area contributed by atoms with Crippen LogP contribution in [0.1, 0.15) is 88.5 Å². The molecule has 55 heavy (non-hydrogen) atoms. The van der Waals surface area contributed by atoms with Crippen LogP contribution in [0.4, 0.5) is 17.1 Å². The summed E-state index contributed by atoms with van der Waals surface area (Å²) < 4.78 is 0. The predicted molar refractivity (Wildman–Crippen MR) is 228 cm³/mol. The van der Waals surface area contributed by atoms with Crippen LogP contribution in [0.15, 0.2) is 140 Å². The highest BCUT2D eigenvalue weighted by Crippen LogP contribution is 2.89. The van der Waals surface area contributed by atoms with E-state index in [9.17, 15) is 0 Å². The molecule has 0 saturated heterocycles. The fraction of sp³-hybridized carbons (Fsp3) is 0.333. The van der Waals surface area contributed by atoms with Crippen molar-refractivity contribution in [2.24, 2.45) is 29.1 Å². The summed E-state index contributed by atoms with van der Waals surface area (Å²) in [6.07, 6.45) is 8.19. The maximum Gasteiger partial charge on any atom is 0.0502 e. The van der Waals surface area contributed by atoms with Crippen LogP contribution >= 0.6 is 0 Å². The lowest BCUT2D eigenvalue weighted by molar-refractivity contribution is -0.231. The van der Waals surface area contributed by atoms with Crippen molar-refractivity contribution in [3.05, 3.63) is 162 Å². The molecule has 1 heteroatoms. The third kappa shape index (κ3) is 4.10. The molecule has 0 radical (unpaired) electrons. The molecule has 6 aliphatic rings. The summed E-state index contributed by atoms with van der Waals surface area (Å²) in [6, 6.07) is 53.7. The maximum atomic E-state index is 2.69. The van der Waals surface area contributed by atoms with Crippen molar-refractivity contribution in [2.75, 3.05) is 4.90 Å². The Bertz CT molecular complexity index is 2530. The molecule has 0 amide bonds. The summed E-state index contributed by atoms with van der Waals surface area (Å²) >= 11 is 0. The highest BCUT2D eigenvalue weighted by Gasteiger charge is 2.84. The molecule has 6 unspecified atom stereocenters. The minimum absolute atomic E-state index is 0.0656. The minimum Gasteiger partial charge on any atom is -0.310 e. The zero-order chi connectivity index (χ0) is 36.9. The Hall–Kier alpha value is -4.88. The van der Waals surface area contributed by atoms with Crippen molar-refractivity contribution in [1.29, 1.82) is 0 Å². The summed E-state index contributed by atoms with van der Waals surface area (Å²) in [7, 11) is 0. The molecule has 12 rings (SSSR count). The predicted octanol–water partition coefficient (Wildman–Crippen LogP) is 14.2. The smallest absolute Gasteiger partial charge is 0.0502 e. The molecule has 0 N–H and O–H groups in total. The Labute approximate surface area is 327 Å². The number of fused-ring (bicyclic) bond motifs is 9. The van der Waals surface area contributed by atoms with Crippen molar-refractivity contribution >= 4 is 17.1 Å². The Morgan fingerprint density at radius 1 is 0.491 bits per heavy atom. The normalized spacial score (nSPS) is 29.1. The SMILES string of the molecule is CC1(C)CCC(C)(C)c2c(N(c3ccc(-c4ccccc4)cc3)c3ccc4c(c3)C3(c5cc(-c6ccccc6)ccc5-4)C4CC5CC6CC3C64C5)cccc21. The van der Waals surface area contributed by atoms with E-state index in [1.807, 2.05) is 0 Å². The molecule has 6 atom stereocenters. The molecule has 0 aliphatic heterocycles. The number of hydrogen-bond donors (Lipinski definition) is 0. The van der Waals surface area contributed by atoms with E-state index in [0.29, 0.717) is 5.41 Å². The highest BCUT2D eigenvalue weighted by molar-refractivity contribution is 5.90. The van der Waals surface area contributed by atoms with Gasteiger partial charge in [0.25, 0.3) is 0 Å². The van der Waals surface area contributed by atoms with Crippen molar-refractivity contribution in [3.63, 3.8) is 0 Å². The maximum absolute atomic E-state index is 2.69. The van der Waals surface area contributed by atoms with Crippen LogP contribution in [0.3, 0.4) is 0 Å². The van der Waals surface area contributed by atoms with Crippen LogP contribution in [0.5, 0.6) is 0 Å². The first-order chi connectivity index (χ1) is 26.7. The third-order valence-corrected chi connectivity index (χ3v) is 16.4. The van der Waals surface area contributed by atoms with E-state index in [2.05, 4.69) is 172 Å². The lowest BCUT2D eigenvalue weighted by Crippen LogP contribution is -2.73. The van der Waals surface area contributed by atoms with E-state index in [1.54, 1.807) is 11.1 Å². The van der Waals surface area contributed by atoms with Gasteiger partial charge >= 0.3 is 0 Å². The fourth-order valence-electron chi connectivity index (χ4n) is 14.0. The largest absolute Gasteiger partial charge is 0.310 e. The van der Waals surface area contributed by atoms with Gasteiger partial charge in [-0.2, -0.15) is 0 Å². The third-order valence-electron chi connectivity index (χ3n) is 16.4. The molecular weight excluding hydrogens is 663 g/mol. The van der Waals surface area contributed by atoms with Crippen molar-refractivity contribution in [1.82, 2.24) is 0 Å². The number of benzene rings is 6. The van der Waals surface area contributed by atoms with E-state index in [1.165, 1.54) is 100 Å². The van der Waals surface area contributed by atoms with Gasteiger partial charge in [-0.3, -0.25) is 0 Å². The van der Waals surface area contributed by atoms with E-state index in [-0.39, 0.29) is 16.2 Å². The molecule has 0 aromatic heterocycles. The van der Waals surface area contributed by atoms with Crippen LogP contribution in [-0.4, -0.2) is 0 Å². The summed E-state index contributed by atoms with van der Waals surface area (Å²) in [4.78, 5) is 2.64. The quantitative estimate of drug-likeness (QED) is 0.172. The number of rotatable bonds is 5. The van der Waals surface area contributed by atoms with E-state index >= 15 is 0 Å². The average molecular weight is 714 g/mol. The highest BCUT2D eigenvalue weighted by atomic mass is 15.1. The topological polar surface area (TPSA) is 3.24 Å². The second-order valence-corrected chi connectivity index (χ2v) is 19.6. The van der Waals surface area contributed by atoms with Crippen LogP contribution in [0.2, 0.25) is 0 Å². The molecule has 0 heterocycles. The van der Waals surface area contributed by atoms with Crippen molar-refractivity contribution in [2.45, 2.75) is 82.5 Å². The van der Waals surface area contributed by atoms with Gasteiger partial charge in [0.2, 0.25) is 0 Å². The lowest BCUT2D eigenvalue weighted by atomic mass is 9.27. The van der Waals surface area contributed by atoms with Crippen molar-refractivity contribution in [3.8, 4) is 33.4 Å². The second-order valence-electron chi connectivity index (χ2n) is 19.6. The zero-order valence-corrected chi connectivity index (χ0v) is 32.8. The monoisotopic (exact) mass is 713 g/mol. The van der Waals surface area contributed by atoms with Crippen LogP contribution in [-0.2, 0) is 16.2 Å². The van der Waals surface area contributed by atoms with Crippen molar-refractivity contribution < 1.29 is 0 Å². The fourth-order valence-corrected chi connectivity index (χ4v) is 14.0. The van der Waals surface area contributed by atoms with E-state index < -0.39 is 0 Å². The van der Waals surface area contributed by atoms with Gasteiger partial charge in [-0.05, 0) is 170 Å². The number of nitrogens with zero attached hydrogens (tertiary/aromatic N) is 1. The van der Waals surface area contributed by atoms with Gasteiger partial charge in [-0.25, -0.2) is 0 Å². The molecule has 4 fully saturated rings. The van der Waals surface area contributed by atoms with Gasteiger partial charge in [0.05, 0.1) is 5.69 Å². The van der Waals surface area contributed by atoms with Gasteiger partial charge in [0.1, 0.15) is 0 Å². The molecule has 4 saturated carbocycles. The second kappa shape index (κ2) is 10.9. The molecule has 6 aromatic rings. The Morgan fingerprint density at radius 2 is 1.09 bits per heavy atom. The summed E-state index contributed by atoms with van der Waals surface area (Å²) in [5, 5.41) is 0. The van der Waals surface area contributed by atoms with Gasteiger partial charge < -0.3 is 4.90 Å². The summed E-state index contributed by atoms with van der Waals surface area (Å²) in [6.45, 7) is 9.88. The first kappa shape index (κ1) is 32.4. The Balaban J connectivity index is 1.07. The van der Waals surface area contributed by atoms with Crippen LogP contribution in [0, 0.1) is 29.1 Å². The molecule has 2 bridgehead atoms. The molecule has 6 aromatic carbocycles. The summed E-state index contributed by atoms with van der Waals surface area (Å²) in [5.74, 6) is 3.40.